The molecule has 2 heterocycles. The molecule has 0 aromatic carbocycles. The third-order valence-electron chi connectivity index (χ3n) is 3.20. The molecule has 2 N–H and O–H groups in total. The van der Waals surface area contributed by atoms with Crippen LogP contribution in [-0.4, -0.2) is 32.4 Å². The summed E-state index contributed by atoms with van der Waals surface area (Å²) < 4.78 is 54.1. The molecule has 0 saturated carbocycles. The maximum absolute atomic E-state index is 13.4. The van der Waals surface area contributed by atoms with E-state index < -0.39 is 29.8 Å². The van der Waals surface area contributed by atoms with E-state index in [-0.39, 0.29) is 12.4 Å². The zero-order valence-corrected chi connectivity index (χ0v) is 11.6. The van der Waals surface area contributed by atoms with Crippen LogP contribution in [0.3, 0.4) is 0 Å². The lowest BCUT2D eigenvalue weighted by Crippen LogP contribution is -2.45. The SMILES string of the molecule is Cn1ccnc1[C@@](O)(CCNc1ncccc1F)C(F)(F)F. The van der Waals surface area contributed by atoms with Crippen molar-refractivity contribution in [3.63, 3.8) is 0 Å². The molecule has 0 aliphatic carbocycles. The number of pyridine rings is 1. The Hall–Kier alpha value is -2.16. The first kappa shape index (κ1) is 16.2. The molecule has 0 spiro atoms. The summed E-state index contributed by atoms with van der Waals surface area (Å²) in [5.74, 6) is -1.38. The second-order valence-electron chi connectivity index (χ2n) is 4.73. The number of halogens is 4. The lowest BCUT2D eigenvalue weighted by molar-refractivity contribution is -0.271. The van der Waals surface area contributed by atoms with Gasteiger partial charge in [-0.2, -0.15) is 13.2 Å². The minimum atomic E-state index is -4.92. The number of alkyl halides is 3. The van der Waals surface area contributed by atoms with Crippen molar-refractivity contribution in [2.24, 2.45) is 7.05 Å². The fraction of sp³-hybridized carbons (Fsp3) is 0.385. The average molecular weight is 318 g/mol. The van der Waals surface area contributed by atoms with Crippen molar-refractivity contribution in [1.29, 1.82) is 0 Å². The average Bonchev–Trinajstić information content (AvgIpc) is 2.86. The van der Waals surface area contributed by atoms with Crippen LogP contribution in [0, 0.1) is 5.82 Å². The number of hydrogen-bond donors (Lipinski definition) is 2. The van der Waals surface area contributed by atoms with Gasteiger partial charge in [0.1, 0.15) is 5.82 Å². The van der Waals surface area contributed by atoms with Gasteiger partial charge in [0.05, 0.1) is 0 Å². The first-order valence-corrected chi connectivity index (χ1v) is 6.37. The quantitative estimate of drug-likeness (QED) is 0.830. The summed E-state index contributed by atoms with van der Waals surface area (Å²) >= 11 is 0. The molecule has 22 heavy (non-hydrogen) atoms. The Morgan fingerprint density at radius 1 is 1.27 bits per heavy atom. The summed E-state index contributed by atoms with van der Waals surface area (Å²) in [7, 11) is 1.35. The summed E-state index contributed by atoms with van der Waals surface area (Å²) in [6.07, 6.45) is -1.89. The number of rotatable bonds is 5. The Bertz CT molecular complexity index is 643. The summed E-state index contributed by atoms with van der Waals surface area (Å²) in [4.78, 5) is 7.24. The number of aryl methyl sites for hydroxylation is 1. The molecular formula is C13H14F4N4O. The Balaban J connectivity index is 2.16. The van der Waals surface area contributed by atoms with E-state index in [4.69, 9.17) is 0 Å². The molecule has 0 amide bonds. The van der Waals surface area contributed by atoms with E-state index in [0.29, 0.717) is 0 Å². The molecular weight excluding hydrogens is 304 g/mol. The predicted octanol–water partition coefficient (Wildman–Crippen LogP) is 2.21. The van der Waals surface area contributed by atoms with Gasteiger partial charge in [0.15, 0.2) is 11.6 Å². The first-order valence-electron chi connectivity index (χ1n) is 6.37. The van der Waals surface area contributed by atoms with Crippen LogP contribution in [0.5, 0.6) is 0 Å². The van der Waals surface area contributed by atoms with Crippen LogP contribution in [0.25, 0.3) is 0 Å². The maximum Gasteiger partial charge on any atom is 0.424 e. The highest BCUT2D eigenvalue weighted by molar-refractivity contribution is 5.35. The van der Waals surface area contributed by atoms with Gasteiger partial charge in [-0.25, -0.2) is 14.4 Å². The highest BCUT2D eigenvalue weighted by Gasteiger charge is 2.57. The number of anilines is 1. The molecule has 0 saturated heterocycles. The number of aliphatic hydroxyl groups is 1. The molecule has 9 heteroatoms. The molecule has 2 aromatic rings. The van der Waals surface area contributed by atoms with E-state index >= 15 is 0 Å². The van der Waals surface area contributed by atoms with Gasteiger partial charge in [0.2, 0.25) is 5.60 Å². The number of nitrogens with one attached hydrogen (secondary N) is 1. The van der Waals surface area contributed by atoms with Crippen molar-refractivity contribution in [3.05, 3.63) is 42.4 Å². The highest BCUT2D eigenvalue weighted by Crippen LogP contribution is 2.40. The number of imidazole rings is 1. The van der Waals surface area contributed by atoms with Crippen LogP contribution in [0.4, 0.5) is 23.4 Å². The largest absolute Gasteiger partial charge is 0.424 e. The molecule has 0 fully saturated rings. The standard InChI is InChI=1S/C13H14F4N4O/c1-21-8-7-20-11(21)12(22,13(15,16)17)4-6-19-10-9(14)3-2-5-18-10/h2-3,5,7-8,22H,4,6H2,1H3,(H,18,19)/t12-/m0/s1. The van der Waals surface area contributed by atoms with Gasteiger partial charge in [-0.15, -0.1) is 0 Å². The fourth-order valence-electron chi connectivity index (χ4n) is 2.02. The molecule has 0 bridgehead atoms. The van der Waals surface area contributed by atoms with Gasteiger partial charge in [-0.3, -0.25) is 0 Å². The Labute approximate surface area is 123 Å². The second kappa shape index (κ2) is 5.91. The summed E-state index contributed by atoms with van der Waals surface area (Å²) in [5, 5.41) is 12.5. The van der Waals surface area contributed by atoms with E-state index in [0.717, 1.165) is 16.8 Å². The second-order valence-corrected chi connectivity index (χ2v) is 4.73. The van der Waals surface area contributed by atoms with Crippen LogP contribution in [0.2, 0.25) is 0 Å². The predicted molar refractivity (Wildman–Crippen MR) is 70.5 cm³/mol. The molecule has 1 atom stereocenters. The molecule has 0 aliphatic heterocycles. The van der Waals surface area contributed by atoms with Crippen LogP contribution in [0.1, 0.15) is 12.2 Å². The topological polar surface area (TPSA) is 63.0 Å². The monoisotopic (exact) mass is 318 g/mol. The maximum atomic E-state index is 13.4. The minimum Gasteiger partial charge on any atom is -0.374 e. The Kier molecular flexibility index (Phi) is 4.36. The molecule has 5 nitrogen and oxygen atoms in total. The van der Waals surface area contributed by atoms with Gasteiger partial charge in [-0.1, -0.05) is 0 Å². The van der Waals surface area contributed by atoms with E-state index in [1.165, 1.54) is 25.5 Å². The molecule has 0 unspecified atom stereocenters. The van der Waals surface area contributed by atoms with Crippen LogP contribution in [-0.2, 0) is 12.6 Å². The minimum absolute atomic E-state index is 0.174. The van der Waals surface area contributed by atoms with E-state index in [1.54, 1.807) is 0 Å². The fourth-order valence-corrected chi connectivity index (χ4v) is 2.02. The molecule has 120 valence electrons. The molecule has 2 rings (SSSR count). The normalized spacial score (nSPS) is 14.6. The van der Waals surface area contributed by atoms with Gasteiger partial charge in [0.25, 0.3) is 0 Å². The molecule has 0 aliphatic rings. The molecule has 0 radical (unpaired) electrons. The third-order valence-corrected chi connectivity index (χ3v) is 3.20. The zero-order chi connectivity index (χ0) is 16.4. The summed E-state index contributed by atoms with van der Waals surface area (Å²) in [6, 6.07) is 2.49. The van der Waals surface area contributed by atoms with Crippen molar-refractivity contribution in [3.8, 4) is 0 Å². The van der Waals surface area contributed by atoms with E-state index in [1.807, 2.05) is 0 Å². The summed E-state index contributed by atoms with van der Waals surface area (Å²) in [5.41, 5.74) is -3.14. The highest BCUT2D eigenvalue weighted by atomic mass is 19.4. The lowest BCUT2D eigenvalue weighted by Gasteiger charge is -2.30. The van der Waals surface area contributed by atoms with E-state index in [2.05, 4.69) is 15.3 Å². The van der Waals surface area contributed by atoms with Crippen LogP contribution >= 0.6 is 0 Å². The third kappa shape index (κ3) is 3.03. The van der Waals surface area contributed by atoms with Crippen molar-refractivity contribution < 1.29 is 22.7 Å². The Morgan fingerprint density at radius 2 is 2.00 bits per heavy atom. The van der Waals surface area contributed by atoms with Crippen molar-refractivity contribution in [2.75, 3.05) is 11.9 Å². The van der Waals surface area contributed by atoms with Crippen molar-refractivity contribution in [1.82, 2.24) is 14.5 Å². The number of aromatic nitrogens is 3. The van der Waals surface area contributed by atoms with Crippen LogP contribution < -0.4 is 5.32 Å². The van der Waals surface area contributed by atoms with Gasteiger partial charge in [-0.05, 0) is 12.1 Å². The Morgan fingerprint density at radius 3 is 2.55 bits per heavy atom. The van der Waals surface area contributed by atoms with Crippen molar-refractivity contribution >= 4 is 5.82 Å². The number of hydrogen-bond acceptors (Lipinski definition) is 4. The first-order chi connectivity index (χ1) is 10.3. The number of nitrogens with zero attached hydrogens (tertiary/aromatic N) is 3. The van der Waals surface area contributed by atoms with Crippen LogP contribution in [0.15, 0.2) is 30.7 Å². The van der Waals surface area contributed by atoms with Crippen molar-refractivity contribution in [2.45, 2.75) is 18.2 Å². The van der Waals surface area contributed by atoms with Gasteiger partial charge in [0, 0.05) is 38.6 Å². The van der Waals surface area contributed by atoms with Gasteiger partial charge >= 0.3 is 6.18 Å². The van der Waals surface area contributed by atoms with E-state index in [9.17, 15) is 22.7 Å². The zero-order valence-electron chi connectivity index (χ0n) is 11.6. The van der Waals surface area contributed by atoms with Gasteiger partial charge < -0.3 is 15.0 Å². The molecule has 2 aromatic heterocycles. The lowest BCUT2D eigenvalue weighted by atomic mass is 9.97. The summed E-state index contributed by atoms with van der Waals surface area (Å²) in [6.45, 7) is -0.337. The smallest absolute Gasteiger partial charge is 0.374 e.